The Hall–Kier alpha value is -1.69. The van der Waals surface area contributed by atoms with Crippen molar-refractivity contribution in [2.24, 2.45) is 0 Å². The van der Waals surface area contributed by atoms with Crippen LogP contribution in [0.15, 0.2) is 42.3 Å². The Morgan fingerprint density at radius 3 is 3.08 bits per heavy atom. The molecule has 128 valence electrons. The molecule has 0 fully saturated rings. The Kier molecular flexibility index (Phi) is 6.01. The Morgan fingerprint density at radius 2 is 2.33 bits per heavy atom. The molecule has 0 radical (unpaired) electrons. The number of hydrogen-bond acceptors (Lipinski definition) is 5. The molecule has 5 heteroatoms. The summed E-state index contributed by atoms with van der Waals surface area (Å²) in [5.41, 5.74) is 3.79. The number of methoxy groups -OCH3 is 1. The van der Waals surface area contributed by atoms with Crippen LogP contribution in [0.1, 0.15) is 29.8 Å². The number of ether oxygens (including phenoxy) is 1. The van der Waals surface area contributed by atoms with Crippen LogP contribution in [0.2, 0.25) is 0 Å². The van der Waals surface area contributed by atoms with Crippen LogP contribution in [-0.4, -0.2) is 31.8 Å². The monoisotopic (exact) mass is 343 g/mol. The molecule has 1 unspecified atom stereocenters. The van der Waals surface area contributed by atoms with E-state index in [0.29, 0.717) is 0 Å². The molecule has 1 aliphatic rings. The van der Waals surface area contributed by atoms with Crippen LogP contribution in [0.3, 0.4) is 0 Å². The van der Waals surface area contributed by atoms with Crippen molar-refractivity contribution in [2.75, 3.05) is 26.8 Å². The van der Waals surface area contributed by atoms with Gasteiger partial charge in [0.1, 0.15) is 0 Å². The van der Waals surface area contributed by atoms with Crippen molar-refractivity contribution in [3.8, 4) is 0 Å². The third kappa shape index (κ3) is 4.04. The van der Waals surface area contributed by atoms with Crippen molar-refractivity contribution in [3.63, 3.8) is 0 Å². The number of dihydropyridines is 1. The number of hydrogen-bond donors (Lipinski definition) is 2. The van der Waals surface area contributed by atoms with Gasteiger partial charge in [-0.05, 0) is 29.7 Å². The van der Waals surface area contributed by atoms with Gasteiger partial charge in [-0.15, -0.1) is 11.3 Å². The summed E-state index contributed by atoms with van der Waals surface area (Å²) < 4.78 is 6.38. The van der Waals surface area contributed by atoms with Gasteiger partial charge in [0.15, 0.2) is 0 Å². The highest BCUT2D eigenvalue weighted by molar-refractivity contribution is 7.19. The van der Waals surface area contributed by atoms with Crippen LogP contribution in [0.4, 0.5) is 0 Å². The lowest BCUT2D eigenvalue weighted by Gasteiger charge is -2.17. The molecule has 0 saturated carbocycles. The highest BCUT2D eigenvalue weighted by Crippen LogP contribution is 2.33. The quantitative estimate of drug-likeness (QED) is 0.719. The Bertz CT molecular complexity index is 735. The number of nitrogens with one attached hydrogen (secondary N) is 2. The summed E-state index contributed by atoms with van der Waals surface area (Å²) in [6, 6.07) is 4.61. The molecule has 24 heavy (non-hydrogen) atoms. The SMILES string of the molecule is CCCc1ccnc2cc(C3C=CC(CNCCOC)=CN3)sc12. The zero-order chi connectivity index (χ0) is 16.8. The maximum absolute atomic E-state index is 5.04. The molecule has 0 aliphatic carbocycles. The molecule has 4 nitrogen and oxygen atoms in total. The molecule has 0 amide bonds. The summed E-state index contributed by atoms with van der Waals surface area (Å²) in [7, 11) is 1.72. The molecule has 0 aromatic carbocycles. The van der Waals surface area contributed by atoms with Crippen LogP contribution in [0, 0.1) is 0 Å². The van der Waals surface area contributed by atoms with Crippen molar-refractivity contribution >= 4 is 21.6 Å². The van der Waals surface area contributed by atoms with Crippen LogP contribution < -0.4 is 10.6 Å². The van der Waals surface area contributed by atoms with Gasteiger partial charge >= 0.3 is 0 Å². The van der Waals surface area contributed by atoms with E-state index in [0.717, 1.165) is 38.1 Å². The first-order valence-corrected chi connectivity index (χ1v) is 9.33. The lowest BCUT2D eigenvalue weighted by molar-refractivity contribution is 0.200. The van der Waals surface area contributed by atoms with E-state index in [1.807, 2.05) is 17.5 Å². The van der Waals surface area contributed by atoms with Gasteiger partial charge in [-0.2, -0.15) is 0 Å². The van der Waals surface area contributed by atoms with Gasteiger partial charge in [0.05, 0.1) is 22.9 Å². The van der Waals surface area contributed by atoms with E-state index in [9.17, 15) is 0 Å². The summed E-state index contributed by atoms with van der Waals surface area (Å²) in [4.78, 5) is 5.85. The number of nitrogens with zero attached hydrogens (tertiary/aromatic N) is 1. The van der Waals surface area contributed by atoms with E-state index in [4.69, 9.17) is 4.74 Å². The fraction of sp³-hybridized carbons (Fsp3) is 0.421. The molecular formula is C19H25N3OS. The fourth-order valence-electron chi connectivity index (χ4n) is 2.84. The topological polar surface area (TPSA) is 46.2 Å². The second-order valence-corrected chi connectivity index (χ2v) is 7.06. The maximum atomic E-state index is 5.04. The van der Waals surface area contributed by atoms with E-state index < -0.39 is 0 Å². The molecule has 0 spiro atoms. The van der Waals surface area contributed by atoms with Crippen molar-refractivity contribution in [3.05, 3.63) is 52.7 Å². The van der Waals surface area contributed by atoms with Gasteiger partial charge in [0, 0.05) is 37.5 Å². The van der Waals surface area contributed by atoms with Crippen molar-refractivity contribution in [1.82, 2.24) is 15.6 Å². The van der Waals surface area contributed by atoms with Crippen LogP contribution in [-0.2, 0) is 11.2 Å². The van der Waals surface area contributed by atoms with E-state index in [1.165, 1.54) is 20.7 Å². The number of aryl methyl sites for hydroxylation is 1. The lowest BCUT2D eigenvalue weighted by Crippen LogP contribution is -2.24. The van der Waals surface area contributed by atoms with Gasteiger partial charge in [0.25, 0.3) is 0 Å². The molecule has 2 aromatic rings. The molecule has 0 bridgehead atoms. The molecule has 3 rings (SSSR count). The molecule has 0 saturated heterocycles. The van der Waals surface area contributed by atoms with Gasteiger partial charge in [-0.3, -0.25) is 4.98 Å². The average molecular weight is 343 g/mol. The predicted molar refractivity (Wildman–Crippen MR) is 101 cm³/mol. The minimum Gasteiger partial charge on any atom is -0.383 e. The average Bonchev–Trinajstić information content (AvgIpc) is 3.05. The third-order valence-corrected chi connectivity index (χ3v) is 5.38. The number of rotatable bonds is 8. The largest absolute Gasteiger partial charge is 0.383 e. The molecule has 1 aliphatic heterocycles. The van der Waals surface area contributed by atoms with Crippen LogP contribution in [0.5, 0.6) is 0 Å². The van der Waals surface area contributed by atoms with E-state index >= 15 is 0 Å². The first-order chi connectivity index (χ1) is 11.8. The van der Waals surface area contributed by atoms with Gasteiger partial charge < -0.3 is 15.4 Å². The maximum Gasteiger partial charge on any atom is 0.0816 e. The second kappa shape index (κ2) is 8.42. The second-order valence-electron chi connectivity index (χ2n) is 5.98. The van der Waals surface area contributed by atoms with Crippen molar-refractivity contribution < 1.29 is 4.74 Å². The summed E-state index contributed by atoms with van der Waals surface area (Å²) in [5, 5.41) is 6.86. The van der Waals surface area contributed by atoms with Crippen molar-refractivity contribution in [2.45, 2.75) is 25.8 Å². The fourth-order valence-corrected chi connectivity index (χ4v) is 4.04. The Labute approximate surface area is 147 Å². The first kappa shape index (κ1) is 17.1. The van der Waals surface area contributed by atoms with Gasteiger partial charge in [0.2, 0.25) is 0 Å². The number of pyridine rings is 1. The van der Waals surface area contributed by atoms with E-state index in [-0.39, 0.29) is 6.04 Å². The first-order valence-electron chi connectivity index (χ1n) is 8.52. The number of fused-ring (bicyclic) bond motifs is 1. The third-order valence-electron chi connectivity index (χ3n) is 4.10. The zero-order valence-corrected chi connectivity index (χ0v) is 15.2. The highest BCUT2D eigenvalue weighted by Gasteiger charge is 2.15. The lowest BCUT2D eigenvalue weighted by atomic mass is 10.1. The zero-order valence-electron chi connectivity index (χ0n) is 14.3. The molecule has 1 atom stereocenters. The smallest absolute Gasteiger partial charge is 0.0816 e. The molecule has 2 N–H and O–H groups in total. The molecule has 2 aromatic heterocycles. The summed E-state index contributed by atoms with van der Waals surface area (Å²) >= 11 is 1.86. The normalized spacial score (nSPS) is 17.1. The minimum absolute atomic E-state index is 0.237. The van der Waals surface area contributed by atoms with Crippen molar-refractivity contribution in [1.29, 1.82) is 0 Å². The van der Waals surface area contributed by atoms with E-state index in [2.05, 4.69) is 53.0 Å². The van der Waals surface area contributed by atoms with Crippen LogP contribution >= 0.6 is 11.3 Å². The summed E-state index contributed by atoms with van der Waals surface area (Å²) in [6.07, 6.45) is 10.7. The molecule has 3 heterocycles. The van der Waals surface area contributed by atoms with Gasteiger partial charge in [-0.1, -0.05) is 25.5 Å². The summed E-state index contributed by atoms with van der Waals surface area (Å²) in [5.74, 6) is 0. The molecular weight excluding hydrogens is 318 g/mol. The number of aromatic nitrogens is 1. The Morgan fingerprint density at radius 1 is 1.42 bits per heavy atom. The van der Waals surface area contributed by atoms with Gasteiger partial charge in [-0.25, -0.2) is 0 Å². The van der Waals surface area contributed by atoms with E-state index in [1.54, 1.807) is 7.11 Å². The number of thiophene rings is 1. The Balaban J connectivity index is 1.66. The van der Waals surface area contributed by atoms with Crippen LogP contribution in [0.25, 0.3) is 10.2 Å². The minimum atomic E-state index is 0.237. The highest BCUT2D eigenvalue weighted by atomic mass is 32.1. The predicted octanol–water partition coefficient (Wildman–Crippen LogP) is 3.57. The summed E-state index contributed by atoms with van der Waals surface area (Å²) in [6.45, 7) is 4.68. The standard InChI is InChI=1S/C19H25N3OS/c1-3-4-15-7-8-21-17-11-18(24-19(15)17)16-6-5-14(13-22-16)12-20-9-10-23-2/h5-8,11,13,16,20,22H,3-4,9-10,12H2,1-2H3.